The van der Waals surface area contributed by atoms with Gasteiger partial charge in [0.1, 0.15) is 11.7 Å². The van der Waals surface area contributed by atoms with Crippen LogP contribution in [0.15, 0.2) is 0 Å². The molecule has 0 saturated heterocycles. The van der Waals surface area contributed by atoms with Gasteiger partial charge in [0.05, 0.1) is 0 Å². The molecule has 0 heterocycles. The third-order valence-corrected chi connectivity index (χ3v) is 2.22. The fourth-order valence-electron chi connectivity index (χ4n) is 1.23. The SMILES string of the molecule is CCCC(C)C(C)OC(=O)OC(C)(C)C. The summed E-state index contributed by atoms with van der Waals surface area (Å²) in [6, 6.07) is 0. The van der Waals surface area contributed by atoms with E-state index in [1.54, 1.807) is 0 Å². The van der Waals surface area contributed by atoms with Crippen molar-refractivity contribution in [3.05, 3.63) is 0 Å². The van der Waals surface area contributed by atoms with Crippen LogP contribution in [0.25, 0.3) is 0 Å². The average molecular weight is 216 g/mol. The van der Waals surface area contributed by atoms with Gasteiger partial charge in [-0.3, -0.25) is 0 Å². The molecule has 0 N–H and O–H groups in total. The van der Waals surface area contributed by atoms with Gasteiger partial charge in [-0.05, 0) is 40.0 Å². The van der Waals surface area contributed by atoms with Crippen LogP contribution in [0.5, 0.6) is 0 Å². The fourth-order valence-corrected chi connectivity index (χ4v) is 1.23. The Morgan fingerprint density at radius 1 is 1.27 bits per heavy atom. The molecule has 0 saturated carbocycles. The number of carbonyl (C=O) groups is 1. The maximum absolute atomic E-state index is 11.3. The van der Waals surface area contributed by atoms with Crippen molar-refractivity contribution in [1.29, 1.82) is 0 Å². The van der Waals surface area contributed by atoms with Gasteiger partial charge in [-0.15, -0.1) is 0 Å². The first kappa shape index (κ1) is 14.3. The van der Waals surface area contributed by atoms with E-state index in [0.29, 0.717) is 5.92 Å². The van der Waals surface area contributed by atoms with Gasteiger partial charge in [0, 0.05) is 0 Å². The van der Waals surface area contributed by atoms with Crippen LogP contribution in [0.4, 0.5) is 4.79 Å². The van der Waals surface area contributed by atoms with E-state index in [2.05, 4.69) is 13.8 Å². The largest absolute Gasteiger partial charge is 0.509 e. The summed E-state index contributed by atoms with van der Waals surface area (Å²) in [6.45, 7) is 11.6. The molecular weight excluding hydrogens is 192 g/mol. The van der Waals surface area contributed by atoms with E-state index in [1.165, 1.54) is 0 Å². The highest BCUT2D eigenvalue weighted by atomic mass is 16.7. The van der Waals surface area contributed by atoms with Crippen LogP contribution in [0.3, 0.4) is 0 Å². The first-order chi connectivity index (χ1) is 6.76. The Kier molecular flexibility index (Phi) is 5.69. The first-order valence-corrected chi connectivity index (χ1v) is 5.66. The zero-order chi connectivity index (χ0) is 12.1. The van der Waals surface area contributed by atoms with Crippen LogP contribution in [0.2, 0.25) is 0 Å². The minimum absolute atomic E-state index is 0.0835. The molecule has 0 aromatic rings. The molecule has 0 aromatic heterocycles. The molecule has 3 nitrogen and oxygen atoms in total. The number of hydrogen-bond acceptors (Lipinski definition) is 3. The van der Waals surface area contributed by atoms with Crippen molar-refractivity contribution in [2.75, 3.05) is 0 Å². The third kappa shape index (κ3) is 7.23. The van der Waals surface area contributed by atoms with Gasteiger partial charge < -0.3 is 9.47 Å². The van der Waals surface area contributed by atoms with Crippen LogP contribution in [0.1, 0.15) is 54.4 Å². The van der Waals surface area contributed by atoms with Crippen molar-refractivity contribution in [2.45, 2.75) is 66.1 Å². The van der Waals surface area contributed by atoms with Crippen molar-refractivity contribution in [3.63, 3.8) is 0 Å². The maximum atomic E-state index is 11.3. The van der Waals surface area contributed by atoms with Gasteiger partial charge in [0.15, 0.2) is 0 Å². The van der Waals surface area contributed by atoms with Crippen molar-refractivity contribution >= 4 is 6.16 Å². The summed E-state index contributed by atoms with van der Waals surface area (Å²) >= 11 is 0. The molecule has 0 aromatic carbocycles. The average Bonchev–Trinajstić information content (AvgIpc) is 2.00. The first-order valence-electron chi connectivity index (χ1n) is 5.66. The zero-order valence-electron chi connectivity index (χ0n) is 10.8. The van der Waals surface area contributed by atoms with Crippen LogP contribution in [0, 0.1) is 5.92 Å². The van der Waals surface area contributed by atoms with Crippen LogP contribution in [-0.4, -0.2) is 17.9 Å². The monoisotopic (exact) mass is 216 g/mol. The second-order valence-corrected chi connectivity index (χ2v) is 5.05. The highest BCUT2D eigenvalue weighted by molar-refractivity contribution is 5.60. The van der Waals surface area contributed by atoms with Crippen molar-refractivity contribution < 1.29 is 14.3 Å². The van der Waals surface area contributed by atoms with E-state index in [1.807, 2.05) is 27.7 Å². The number of hydrogen-bond donors (Lipinski definition) is 0. The molecule has 0 aliphatic carbocycles. The van der Waals surface area contributed by atoms with Crippen LogP contribution >= 0.6 is 0 Å². The van der Waals surface area contributed by atoms with E-state index in [9.17, 15) is 4.79 Å². The topological polar surface area (TPSA) is 35.5 Å². The quantitative estimate of drug-likeness (QED) is 0.671. The highest BCUT2D eigenvalue weighted by Crippen LogP contribution is 2.16. The van der Waals surface area contributed by atoms with Gasteiger partial charge in [-0.1, -0.05) is 20.3 Å². The van der Waals surface area contributed by atoms with Gasteiger partial charge in [0.25, 0.3) is 0 Å². The van der Waals surface area contributed by atoms with Crippen LogP contribution in [-0.2, 0) is 9.47 Å². The Morgan fingerprint density at radius 3 is 2.20 bits per heavy atom. The number of rotatable bonds is 4. The second kappa shape index (κ2) is 5.99. The normalized spacial score (nSPS) is 15.6. The lowest BCUT2D eigenvalue weighted by atomic mass is 10.0. The van der Waals surface area contributed by atoms with E-state index in [4.69, 9.17) is 9.47 Å². The lowest BCUT2D eigenvalue weighted by Gasteiger charge is -2.23. The molecule has 3 heteroatoms. The molecule has 15 heavy (non-hydrogen) atoms. The van der Waals surface area contributed by atoms with Crippen LogP contribution < -0.4 is 0 Å². The Hall–Kier alpha value is -0.730. The molecule has 0 amide bonds. The summed E-state index contributed by atoms with van der Waals surface area (Å²) in [4.78, 5) is 11.3. The number of ether oxygens (including phenoxy) is 2. The number of carbonyl (C=O) groups excluding carboxylic acids is 1. The van der Waals surface area contributed by atoms with Gasteiger partial charge in [-0.2, -0.15) is 0 Å². The van der Waals surface area contributed by atoms with Gasteiger partial charge >= 0.3 is 6.16 Å². The zero-order valence-corrected chi connectivity index (χ0v) is 10.8. The van der Waals surface area contributed by atoms with Gasteiger partial charge in [-0.25, -0.2) is 4.79 Å². The van der Waals surface area contributed by atoms with E-state index < -0.39 is 11.8 Å². The minimum atomic E-state index is -0.571. The molecule has 0 radical (unpaired) electrons. The summed E-state index contributed by atoms with van der Waals surface area (Å²) in [5.41, 5.74) is -0.481. The molecular formula is C12H24O3. The Morgan fingerprint density at radius 2 is 1.80 bits per heavy atom. The molecule has 2 unspecified atom stereocenters. The summed E-state index contributed by atoms with van der Waals surface area (Å²) in [6.07, 6.45) is 1.51. The van der Waals surface area contributed by atoms with Crippen molar-refractivity contribution in [2.24, 2.45) is 5.92 Å². The molecule has 0 spiro atoms. The predicted octanol–water partition coefficient (Wildman–Crippen LogP) is 3.76. The highest BCUT2D eigenvalue weighted by Gasteiger charge is 2.21. The molecule has 0 fully saturated rings. The van der Waals surface area contributed by atoms with Gasteiger partial charge in [0.2, 0.25) is 0 Å². The lowest BCUT2D eigenvalue weighted by molar-refractivity contribution is -0.0339. The molecule has 0 aliphatic rings. The Balaban J connectivity index is 3.96. The summed E-state index contributed by atoms with van der Waals surface area (Å²) < 4.78 is 10.3. The van der Waals surface area contributed by atoms with E-state index >= 15 is 0 Å². The molecule has 0 bridgehead atoms. The maximum Gasteiger partial charge on any atom is 0.509 e. The Bertz CT molecular complexity index is 194. The van der Waals surface area contributed by atoms with E-state index in [0.717, 1.165) is 12.8 Å². The van der Waals surface area contributed by atoms with Crippen molar-refractivity contribution in [3.8, 4) is 0 Å². The summed E-state index contributed by atoms with van der Waals surface area (Å²) in [5, 5.41) is 0. The Labute approximate surface area is 93.1 Å². The molecule has 90 valence electrons. The molecule has 0 aliphatic heterocycles. The smallest absolute Gasteiger partial charge is 0.431 e. The van der Waals surface area contributed by atoms with E-state index in [-0.39, 0.29) is 6.10 Å². The summed E-state index contributed by atoms with van der Waals surface area (Å²) in [5.74, 6) is 0.377. The second-order valence-electron chi connectivity index (χ2n) is 5.05. The van der Waals surface area contributed by atoms with Crippen molar-refractivity contribution in [1.82, 2.24) is 0 Å². The predicted molar refractivity (Wildman–Crippen MR) is 60.9 cm³/mol. The molecule has 2 atom stereocenters. The molecule has 0 rings (SSSR count). The summed E-state index contributed by atoms with van der Waals surface area (Å²) in [7, 11) is 0. The fraction of sp³-hybridized carbons (Fsp3) is 0.917. The minimum Gasteiger partial charge on any atom is -0.431 e. The third-order valence-electron chi connectivity index (χ3n) is 2.22. The lowest BCUT2D eigenvalue weighted by Crippen LogP contribution is -2.29. The standard InChI is InChI=1S/C12H24O3/c1-7-8-9(2)10(3)14-11(13)15-12(4,5)6/h9-10H,7-8H2,1-6H3.